The van der Waals surface area contributed by atoms with Crippen molar-refractivity contribution in [1.29, 1.82) is 0 Å². The number of aromatic nitrogens is 2. The smallest absolute Gasteiger partial charge is 0.341 e. The molecule has 0 atom stereocenters. The number of hydrogen-bond donors (Lipinski definition) is 1. The van der Waals surface area contributed by atoms with Crippen molar-refractivity contribution in [2.75, 3.05) is 7.11 Å². The van der Waals surface area contributed by atoms with Gasteiger partial charge in [0.2, 0.25) is 11.8 Å². The van der Waals surface area contributed by atoms with Crippen LogP contribution in [0.4, 0.5) is 0 Å². The van der Waals surface area contributed by atoms with Crippen molar-refractivity contribution in [3.63, 3.8) is 0 Å². The topological polar surface area (TPSA) is 90.8 Å². The number of halogens is 1. The van der Waals surface area contributed by atoms with Crippen LogP contribution in [0.3, 0.4) is 0 Å². The van der Waals surface area contributed by atoms with Gasteiger partial charge in [-0.3, -0.25) is 0 Å². The molecular weight excluding hydrogens is 324 g/mol. The Kier molecular flexibility index (Phi) is 5.23. The Morgan fingerprint density at radius 2 is 1.96 bits per heavy atom. The summed E-state index contributed by atoms with van der Waals surface area (Å²) < 4.78 is 16.0. The molecule has 23 heavy (non-hydrogen) atoms. The lowest BCUT2D eigenvalue weighted by Crippen LogP contribution is -2.08. The molecule has 0 aliphatic heterocycles. The second kappa shape index (κ2) is 7.15. The summed E-state index contributed by atoms with van der Waals surface area (Å²) in [6.07, 6.45) is -0.108. The third kappa shape index (κ3) is 4.23. The molecule has 0 saturated heterocycles. The van der Waals surface area contributed by atoms with E-state index in [-0.39, 0.29) is 40.2 Å². The van der Waals surface area contributed by atoms with E-state index in [1.807, 2.05) is 13.8 Å². The molecule has 1 aromatic carbocycles. The van der Waals surface area contributed by atoms with Gasteiger partial charge in [-0.2, -0.15) is 9.97 Å². The van der Waals surface area contributed by atoms with Crippen LogP contribution in [0.25, 0.3) is 0 Å². The van der Waals surface area contributed by atoms with Gasteiger partial charge in [0.05, 0.1) is 24.3 Å². The minimum absolute atomic E-state index is 0.0220. The minimum Gasteiger partial charge on any atom is -0.481 e. The number of carbonyl (C=O) groups is 1. The molecule has 0 aliphatic rings. The van der Waals surface area contributed by atoms with Crippen molar-refractivity contribution in [2.24, 2.45) is 0 Å². The maximum Gasteiger partial charge on any atom is 0.341 e. The number of methoxy groups -OCH3 is 1. The van der Waals surface area contributed by atoms with E-state index >= 15 is 0 Å². The first kappa shape index (κ1) is 16.8. The first-order valence-corrected chi connectivity index (χ1v) is 7.08. The second-order valence-electron chi connectivity index (χ2n) is 4.72. The molecule has 0 saturated carbocycles. The van der Waals surface area contributed by atoms with Gasteiger partial charge in [-0.15, -0.1) is 0 Å². The minimum atomic E-state index is -1.22. The number of rotatable bonds is 6. The van der Waals surface area contributed by atoms with Crippen molar-refractivity contribution in [3.8, 4) is 23.5 Å². The number of aromatic carboxylic acids is 1. The highest BCUT2D eigenvalue weighted by atomic mass is 35.5. The lowest BCUT2D eigenvalue weighted by atomic mass is 10.2. The third-order valence-corrected chi connectivity index (χ3v) is 2.93. The van der Waals surface area contributed by atoms with E-state index in [0.717, 1.165) is 0 Å². The van der Waals surface area contributed by atoms with Crippen molar-refractivity contribution < 1.29 is 24.1 Å². The van der Waals surface area contributed by atoms with Crippen molar-refractivity contribution in [1.82, 2.24) is 9.97 Å². The highest BCUT2D eigenvalue weighted by molar-refractivity contribution is 6.33. The van der Waals surface area contributed by atoms with E-state index in [9.17, 15) is 9.90 Å². The van der Waals surface area contributed by atoms with Crippen molar-refractivity contribution in [2.45, 2.75) is 20.0 Å². The maximum atomic E-state index is 11.3. The summed E-state index contributed by atoms with van der Waals surface area (Å²) in [5, 5.41) is 9.30. The number of carboxylic acid groups (broad SMARTS) is 1. The Morgan fingerprint density at radius 3 is 2.57 bits per heavy atom. The molecule has 1 heterocycles. The van der Waals surface area contributed by atoms with Crippen LogP contribution in [0.15, 0.2) is 24.3 Å². The molecule has 0 radical (unpaired) electrons. The fourth-order valence-electron chi connectivity index (χ4n) is 1.73. The van der Waals surface area contributed by atoms with E-state index in [4.69, 9.17) is 25.8 Å². The average molecular weight is 339 g/mol. The van der Waals surface area contributed by atoms with Gasteiger partial charge in [-0.05, 0) is 26.0 Å². The van der Waals surface area contributed by atoms with Crippen LogP contribution in [-0.4, -0.2) is 34.3 Å². The van der Waals surface area contributed by atoms with Crippen LogP contribution in [-0.2, 0) is 0 Å². The predicted molar refractivity (Wildman–Crippen MR) is 82.8 cm³/mol. The molecule has 0 spiro atoms. The van der Waals surface area contributed by atoms with Gasteiger partial charge in [-0.25, -0.2) is 4.79 Å². The van der Waals surface area contributed by atoms with Crippen LogP contribution < -0.4 is 14.2 Å². The first-order chi connectivity index (χ1) is 10.9. The molecule has 1 aromatic heterocycles. The van der Waals surface area contributed by atoms with Gasteiger partial charge in [0, 0.05) is 0 Å². The van der Waals surface area contributed by atoms with Gasteiger partial charge < -0.3 is 19.3 Å². The van der Waals surface area contributed by atoms with Gasteiger partial charge in [-0.1, -0.05) is 17.7 Å². The Balaban J connectivity index is 2.40. The van der Waals surface area contributed by atoms with E-state index in [0.29, 0.717) is 0 Å². The van der Waals surface area contributed by atoms with E-state index < -0.39 is 5.97 Å². The molecular formula is C15H15ClN2O5. The van der Waals surface area contributed by atoms with Gasteiger partial charge in [0.25, 0.3) is 0 Å². The molecule has 122 valence electrons. The normalized spacial score (nSPS) is 10.5. The zero-order valence-corrected chi connectivity index (χ0v) is 13.5. The van der Waals surface area contributed by atoms with Crippen LogP contribution in [0.1, 0.15) is 24.2 Å². The van der Waals surface area contributed by atoms with Crippen LogP contribution >= 0.6 is 11.6 Å². The lowest BCUT2D eigenvalue weighted by molar-refractivity contribution is 0.0694. The summed E-state index contributed by atoms with van der Waals surface area (Å²) in [6, 6.07) is 5.88. The largest absolute Gasteiger partial charge is 0.481 e. The Hall–Kier alpha value is -2.54. The number of nitrogens with zero attached hydrogens (tertiary/aromatic N) is 2. The van der Waals surface area contributed by atoms with Gasteiger partial charge in [0.1, 0.15) is 11.3 Å². The molecule has 0 unspecified atom stereocenters. The maximum absolute atomic E-state index is 11.3. The zero-order chi connectivity index (χ0) is 17.0. The fraction of sp³-hybridized carbons (Fsp3) is 0.267. The summed E-state index contributed by atoms with van der Waals surface area (Å²) >= 11 is 5.90. The van der Waals surface area contributed by atoms with Crippen LogP contribution in [0.2, 0.25) is 5.02 Å². The molecule has 1 N–H and O–H groups in total. The molecule has 7 nitrogen and oxygen atoms in total. The Labute approximate surface area is 137 Å². The second-order valence-corrected chi connectivity index (χ2v) is 5.13. The molecule has 0 aliphatic carbocycles. The molecule has 0 bridgehead atoms. The summed E-state index contributed by atoms with van der Waals surface area (Å²) in [7, 11) is 1.44. The number of hydrogen-bond acceptors (Lipinski definition) is 6. The molecule has 2 rings (SSSR count). The average Bonchev–Trinajstić information content (AvgIpc) is 2.45. The first-order valence-electron chi connectivity index (χ1n) is 6.70. The van der Waals surface area contributed by atoms with Crippen LogP contribution in [0.5, 0.6) is 23.5 Å². The zero-order valence-electron chi connectivity index (χ0n) is 12.7. The Bertz CT molecular complexity index is 721. The lowest BCUT2D eigenvalue weighted by Gasteiger charge is -2.12. The summed E-state index contributed by atoms with van der Waals surface area (Å²) in [6.45, 7) is 3.68. The standard InChI is InChI=1S/C15H15ClN2O5/c1-8(2)22-12-7-11(21-3)17-15(18-12)23-10-6-4-5-9(16)13(10)14(19)20/h4-8H,1-3H3,(H,19,20). The highest BCUT2D eigenvalue weighted by Crippen LogP contribution is 2.30. The monoisotopic (exact) mass is 338 g/mol. The van der Waals surface area contributed by atoms with E-state index in [1.165, 1.54) is 25.3 Å². The van der Waals surface area contributed by atoms with Crippen LogP contribution in [0, 0.1) is 0 Å². The third-order valence-electron chi connectivity index (χ3n) is 2.61. The van der Waals surface area contributed by atoms with E-state index in [2.05, 4.69) is 9.97 Å². The predicted octanol–water partition coefficient (Wildman–Crippen LogP) is 3.42. The molecule has 0 amide bonds. The Morgan fingerprint density at radius 1 is 1.26 bits per heavy atom. The number of carboxylic acids is 1. The quantitative estimate of drug-likeness (QED) is 0.862. The summed E-state index contributed by atoms with van der Waals surface area (Å²) in [4.78, 5) is 19.4. The van der Waals surface area contributed by atoms with Gasteiger partial charge >= 0.3 is 12.0 Å². The van der Waals surface area contributed by atoms with Gasteiger partial charge in [0.15, 0.2) is 0 Å². The summed E-state index contributed by atoms with van der Waals surface area (Å²) in [5.41, 5.74) is -0.174. The van der Waals surface area contributed by atoms with E-state index in [1.54, 1.807) is 6.07 Å². The van der Waals surface area contributed by atoms with Crippen molar-refractivity contribution in [3.05, 3.63) is 34.9 Å². The van der Waals surface area contributed by atoms with Crippen molar-refractivity contribution >= 4 is 17.6 Å². The number of ether oxygens (including phenoxy) is 3. The highest BCUT2D eigenvalue weighted by Gasteiger charge is 2.18. The SMILES string of the molecule is COc1cc(OC(C)C)nc(Oc2cccc(Cl)c2C(=O)O)n1. The molecule has 0 fully saturated rings. The summed E-state index contributed by atoms with van der Waals surface area (Å²) in [5.74, 6) is -0.716. The fourth-order valence-corrected chi connectivity index (χ4v) is 1.98. The molecule has 2 aromatic rings. The molecule has 8 heteroatoms. The number of benzene rings is 1.